The van der Waals surface area contributed by atoms with Gasteiger partial charge in [-0.25, -0.2) is 0 Å². The Balaban J connectivity index is 2.38. The molecule has 1 aromatic carbocycles. The fourth-order valence-electron chi connectivity index (χ4n) is 1.20. The van der Waals surface area contributed by atoms with Gasteiger partial charge in [-0.3, -0.25) is 4.79 Å². The Morgan fingerprint density at radius 3 is 2.80 bits per heavy atom. The van der Waals surface area contributed by atoms with Gasteiger partial charge < -0.3 is 16.2 Å². The second kappa shape index (κ2) is 5.36. The van der Waals surface area contributed by atoms with E-state index in [1.165, 1.54) is 0 Å². The van der Waals surface area contributed by atoms with Gasteiger partial charge in [-0.1, -0.05) is 18.2 Å². The molecule has 1 amide bonds. The molecule has 1 rings (SSSR count). The molecule has 82 valence electrons. The Morgan fingerprint density at radius 2 is 2.20 bits per heavy atom. The predicted molar refractivity (Wildman–Crippen MR) is 58.5 cm³/mol. The second-order valence-electron chi connectivity index (χ2n) is 3.46. The van der Waals surface area contributed by atoms with Crippen molar-refractivity contribution in [2.75, 3.05) is 6.54 Å². The fraction of sp³-hybridized carbons (Fsp3) is 0.364. The average molecular weight is 208 g/mol. The smallest absolute Gasteiger partial charge is 0.236 e. The lowest BCUT2D eigenvalue weighted by molar-refractivity contribution is -0.121. The maximum absolute atomic E-state index is 11.1. The number of carbonyl (C=O) groups is 1. The van der Waals surface area contributed by atoms with Gasteiger partial charge in [0.1, 0.15) is 5.75 Å². The summed E-state index contributed by atoms with van der Waals surface area (Å²) in [5.41, 5.74) is 6.21. The van der Waals surface area contributed by atoms with E-state index < -0.39 is 6.04 Å². The third kappa shape index (κ3) is 3.59. The SMILES string of the molecule is C[C@@H](N)C(=O)NCCc1ccccc1O. The lowest BCUT2D eigenvalue weighted by Crippen LogP contribution is -2.39. The lowest BCUT2D eigenvalue weighted by Gasteiger charge is -2.08. The summed E-state index contributed by atoms with van der Waals surface area (Å²) in [5, 5.41) is 12.1. The van der Waals surface area contributed by atoms with Crippen LogP contribution >= 0.6 is 0 Å². The molecule has 4 heteroatoms. The van der Waals surface area contributed by atoms with Crippen LogP contribution in [0, 0.1) is 0 Å². The quantitative estimate of drug-likeness (QED) is 0.670. The number of aromatic hydroxyl groups is 1. The molecular weight excluding hydrogens is 192 g/mol. The van der Waals surface area contributed by atoms with Crippen molar-refractivity contribution in [3.05, 3.63) is 29.8 Å². The molecule has 0 heterocycles. The van der Waals surface area contributed by atoms with Crippen molar-refractivity contribution in [1.29, 1.82) is 0 Å². The summed E-state index contributed by atoms with van der Waals surface area (Å²) >= 11 is 0. The molecule has 0 aliphatic heterocycles. The number of phenolic OH excluding ortho intramolecular Hbond substituents is 1. The van der Waals surface area contributed by atoms with Gasteiger partial charge in [0.25, 0.3) is 0 Å². The second-order valence-corrected chi connectivity index (χ2v) is 3.46. The molecule has 0 unspecified atom stereocenters. The molecule has 0 aliphatic rings. The maximum Gasteiger partial charge on any atom is 0.236 e. The molecule has 0 aliphatic carbocycles. The molecule has 1 atom stereocenters. The van der Waals surface area contributed by atoms with Gasteiger partial charge in [0, 0.05) is 6.54 Å². The van der Waals surface area contributed by atoms with E-state index in [9.17, 15) is 9.90 Å². The van der Waals surface area contributed by atoms with E-state index in [0.29, 0.717) is 13.0 Å². The predicted octanol–water partition coefficient (Wildman–Crippen LogP) is 0.398. The monoisotopic (exact) mass is 208 g/mol. The van der Waals surface area contributed by atoms with Crippen LogP contribution in [0.1, 0.15) is 12.5 Å². The van der Waals surface area contributed by atoms with Crippen LogP contribution in [0.5, 0.6) is 5.75 Å². The van der Waals surface area contributed by atoms with E-state index >= 15 is 0 Å². The first kappa shape index (κ1) is 11.5. The zero-order valence-electron chi connectivity index (χ0n) is 8.73. The number of hydrogen-bond donors (Lipinski definition) is 3. The third-order valence-corrected chi connectivity index (χ3v) is 2.10. The summed E-state index contributed by atoms with van der Waals surface area (Å²) in [4.78, 5) is 11.1. The molecule has 1 aromatic rings. The zero-order chi connectivity index (χ0) is 11.3. The highest BCUT2D eigenvalue weighted by Crippen LogP contribution is 2.15. The first-order valence-electron chi connectivity index (χ1n) is 4.91. The molecule has 0 saturated carbocycles. The first-order chi connectivity index (χ1) is 7.11. The fourth-order valence-corrected chi connectivity index (χ4v) is 1.20. The van der Waals surface area contributed by atoms with Crippen LogP contribution in [-0.4, -0.2) is 23.6 Å². The van der Waals surface area contributed by atoms with Gasteiger partial charge in [-0.05, 0) is 25.0 Å². The van der Waals surface area contributed by atoms with Gasteiger partial charge in [-0.2, -0.15) is 0 Å². The summed E-state index contributed by atoms with van der Waals surface area (Å²) in [5.74, 6) is 0.0815. The van der Waals surface area contributed by atoms with Crippen molar-refractivity contribution in [3.63, 3.8) is 0 Å². The highest BCUT2D eigenvalue weighted by atomic mass is 16.3. The van der Waals surface area contributed by atoms with Crippen LogP contribution in [0.15, 0.2) is 24.3 Å². The van der Waals surface area contributed by atoms with Crippen LogP contribution in [-0.2, 0) is 11.2 Å². The highest BCUT2D eigenvalue weighted by molar-refractivity contribution is 5.80. The van der Waals surface area contributed by atoms with Crippen LogP contribution < -0.4 is 11.1 Å². The average Bonchev–Trinajstić information content (AvgIpc) is 2.20. The minimum Gasteiger partial charge on any atom is -0.508 e. The number of para-hydroxylation sites is 1. The highest BCUT2D eigenvalue weighted by Gasteiger charge is 2.06. The molecule has 0 saturated heterocycles. The van der Waals surface area contributed by atoms with E-state index in [0.717, 1.165) is 5.56 Å². The molecule has 0 aromatic heterocycles. The minimum absolute atomic E-state index is 0.176. The summed E-state index contributed by atoms with van der Waals surface area (Å²) < 4.78 is 0. The minimum atomic E-state index is -0.491. The van der Waals surface area contributed by atoms with E-state index in [2.05, 4.69) is 5.32 Å². The topological polar surface area (TPSA) is 75.4 Å². The Hall–Kier alpha value is -1.55. The van der Waals surface area contributed by atoms with Crippen LogP contribution in [0.25, 0.3) is 0 Å². The molecule has 4 nitrogen and oxygen atoms in total. The number of benzene rings is 1. The summed E-state index contributed by atoms with van der Waals surface area (Å²) in [6.07, 6.45) is 0.602. The molecule has 0 fully saturated rings. The molecular formula is C11H16N2O2. The van der Waals surface area contributed by atoms with Gasteiger partial charge in [0.2, 0.25) is 5.91 Å². The van der Waals surface area contributed by atoms with Crippen LogP contribution in [0.4, 0.5) is 0 Å². The number of carbonyl (C=O) groups excluding carboxylic acids is 1. The van der Waals surface area contributed by atoms with Gasteiger partial charge >= 0.3 is 0 Å². The Labute approximate surface area is 89.1 Å². The number of hydrogen-bond acceptors (Lipinski definition) is 3. The molecule has 15 heavy (non-hydrogen) atoms. The van der Waals surface area contributed by atoms with Crippen molar-refractivity contribution in [2.45, 2.75) is 19.4 Å². The summed E-state index contributed by atoms with van der Waals surface area (Å²) in [6, 6.07) is 6.58. The van der Waals surface area contributed by atoms with Crippen molar-refractivity contribution in [2.24, 2.45) is 5.73 Å². The van der Waals surface area contributed by atoms with Gasteiger partial charge in [0.05, 0.1) is 6.04 Å². The van der Waals surface area contributed by atoms with Crippen molar-refractivity contribution in [1.82, 2.24) is 5.32 Å². The lowest BCUT2D eigenvalue weighted by atomic mass is 10.1. The normalized spacial score (nSPS) is 12.1. The van der Waals surface area contributed by atoms with Crippen LogP contribution in [0.2, 0.25) is 0 Å². The van der Waals surface area contributed by atoms with E-state index in [1.807, 2.05) is 12.1 Å². The Morgan fingerprint density at radius 1 is 1.53 bits per heavy atom. The first-order valence-corrected chi connectivity index (χ1v) is 4.91. The number of phenols is 1. The standard InChI is InChI=1S/C11H16N2O2/c1-8(12)11(15)13-7-6-9-4-2-3-5-10(9)14/h2-5,8,14H,6-7,12H2,1H3,(H,13,15)/t8-/m1/s1. The van der Waals surface area contributed by atoms with E-state index in [1.54, 1.807) is 19.1 Å². The van der Waals surface area contributed by atoms with Gasteiger partial charge in [0.15, 0.2) is 0 Å². The number of nitrogens with two attached hydrogens (primary N) is 1. The van der Waals surface area contributed by atoms with Gasteiger partial charge in [-0.15, -0.1) is 0 Å². The summed E-state index contributed by atoms with van der Waals surface area (Å²) in [7, 11) is 0. The number of nitrogens with one attached hydrogen (secondary N) is 1. The van der Waals surface area contributed by atoms with Crippen molar-refractivity contribution >= 4 is 5.91 Å². The summed E-state index contributed by atoms with van der Waals surface area (Å²) in [6.45, 7) is 2.12. The molecule has 0 radical (unpaired) electrons. The maximum atomic E-state index is 11.1. The Kier molecular flexibility index (Phi) is 4.12. The number of amides is 1. The molecule has 0 bridgehead atoms. The zero-order valence-corrected chi connectivity index (χ0v) is 8.73. The largest absolute Gasteiger partial charge is 0.508 e. The number of rotatable bonds is 4. The van der Waals surface area contributed by atoms with Crippen molar-refractivity contribution in [3.8, 4) is 5.75 Å². The van der Waals surface area contributed by atoms with Crippen molar-refractivity contribution < 1.29 is 9.90 Å². The van der Waals surface area contributed by atoms with E-state index in [-0.39, 0.29) is 11.7 Å². The van der Waals surface area contributed by atoms with E-state index in [4.69, 9.17) is 5.73 Å². The van der Waals surface area contributed by atoms with Crippen LogP contribution in [0.3, 0.4) is 0 Å². The Bertz CT molecular complexity index is 337. The molecule has 4 N–H and O–H groups in total. The third-order valence-electron chi connectivity index (χ3n) is 2.10. The molecule has 0 spiro atoms.